The number of rotatable bonds is 2. The van der Waals surface area contributed by atoms with Crippen LogP contribution in [-0.4, -0.2) is 17.1 Å². The lowest BCUT2D eigenvalue weighted by molar-refractivity contribution is 0.554. The van der Waals surface area contributed by atoms with Crippen molar-refractivity contribution in [2.45, 2.75) is 25.0 Å². The number of aryl methyl sites for hydroxylation is 1. The van der Waals surface area contributed by atoms with Crippen LogP contribution in [0, 0.1) is 6.92 Å². The highest BCUT2D eigenvalue weighted by Gasteiger charge is 2.39. The summed E-state index contributed by atoms with van der Waals surface area (Å²) >= 11 is 3.38. The lowest BCUT2D eigenvalue weighted by Gasteiger charge is -2.28. The van der Waals surface area contributed by atoms with E-state index in [2.05, 4.69) is 15.9 Å². The average Bonchev–Trinajstić information content (AvgIpc) is 2.84. The molecule has 1 heterocycles. The van der Waals surface area contributed by atoms with Crippen LogP contribution in [0.4, 0.5) is 0 Å². The Labute approximate surface area is 133 Å². The Morgan fingerprint density at radius 3 is 2.76 bits per heavy atom. The maximum absolute atomic E-state index is 13.1. The number of fused-ring (bicyclic) bond motifs is 1. The van der Waals surface area contributed by atoms with Crippen molar-refractivity contribution in [3.8, 4) is 0 Å². The number of allylic oxidation sites excluding steroid dienone is 3. The Kier molecular flexibility index (Phi) is 3.37. The number of hydrogen-bond acceptors (Lipinski definition) is 2. The van der Waals surface area contributed by atoms with Gasteiger partial charge in [-0.2, -0.15) is 0 Å². The van der Waals surface area contributed by atoms with Gasteiger partial charge in [-0.15, -0.1) is 0 Å². The van der Waals surface area contributed by atoms with Gasteiger partial charge >= 0.3 is 0 Å². The standard InChI is InChI=1S/C16H16BrNO2S/c1-12-5-3-6-13-8-10-18(15(12)13)21(19,20)16(2)9-4-7-14(17)11-16/h3-8,10-11H,9H2,1-2H3. The Bertz CT molecular complexity index is 877. The van der Waals surface area contributed by atoms with Gasteiger partial charge in [0, 0.05) is 16.1 Å². The van der Waals surface area contributed by atoms with Crippen LogP contribution in [0.1, 0.15) is 18.9 Å². The topological polar surface area (TPSA) is 39.1 Å². The molecule has 0 N–H and O–H groups in total. The summed E-state index contributed by atoms with van der Waals surface area (Å²) in [5.74, 6) is 0. The molecule has 21 heavy (non-hydrogen) atoms. The van der Waals surface area contributed by atoms with Gasteiger partial charge in [0.2, 0.25) is 10.0 Å². The van der Waals surface area contributed by atoms with Crippen molar-refractivity contribution in [3.63, 3.8) is 0 Å². The Morgan fingerprint density at radius 2 is 2.05 bits per heavy atom. The van der Waals surface area contributed by atoms with E-state index in [-0.39, 0.29) is 0 Å². The van der Waals surface area contributed by atoms with Gasteiger partial charge < -0.3 is 0 Å². The first-order chi connectivity index (χ1) is 9.85. The van der Waals surface area contributed by atoms with Crippen molar-refractivity contribution in [1.29, 1.82) is 0 Å². The van der Waals surface area contributed by atoms with Crippen molar-refractivity contribution in [1.82, 2.24) is 3.97 Å². The molecule has 0 bridgehead atoms. The van der Waals surface area contributed by atoms with Crippen LogP contribution in [0.5, 0.6) is 0 Å². The molecule has 1 unspecified atom stereocenters. The van der Waals surface area contributed by atoms with Gasteiger partial charge in [-0.05, 0) is 38.0 Å². The normalized spacial score (nSPS) is 22.5. The Morgan fingerprint density at radius 1 is 1.29 bits per heavy atom. The first-order valence-corrected chi connectivity index (χ1v) is 8.95. The maximum Gasteiger partial charge on any atom is 0.248 e. The van der Waals surface area contributed by atoms with Gasteiger partial charge in [0.1, 0.15) is 4.75 Å². The molecule has 0 radical (unpaired) electrons. The highest BCUT2D eigenvalue weighted by atomic mass is 79.9. The highest BCUT2D eigenvalue weighted by molar-refractivity contribution is 9.11. The van der Waals surface area contributed by atoms with Crippen LogP contribution in [0.25, 0.3) is 10.9 Å². The third-order valence-electron chi connectivity index (χ3n) is 3.97. The molecule has 1 aliphatic rings. The fraction of sp³-hybridized carbons (Fsp3) is 0.250. The fourth-order valence-corrected chi connectivity index (χ4v) is 5.34. The van der Waals surface area contributed by atoms with E-state index in [1.54, 1.807) is 19.2 Å². The summed E-state index contributed by atoms with van der Waals surface area (Å²) in [6.07, 6.45) is 7.66. The summed E-state index contributed by atoms with van der Waals surface area (Å²) in [6, 6.07) is 7.66. The quantitative estimate of drug-likeness (QED) is 0.802. The minimum Gasteiger partial charge on any atom is -0.244 e. The van der Waals surface area contributed by atoms with E-state index >= 15 is 0 Å². The van der Waals surface area contributed by atoms with E-state index in [0.717, 1.165) is 20.9 Å². The third kappa shape index (κ3) is 2.19. The zero-order valence-corrected chi connectivity index (χ0v) is 14.3. The van der Waals surface area contributed by atoms with Crippen LogP contribution in [0.3, 0.4) is 0 Å². The number of para-hydroxylation sites is 1. The van der Waals surface area contributed by atoms with Crippen molar-refractivity contribution < 1.29 is 8.42 Å². The number of hydrogen-bond donors (Lipinski definition) is 0. The Hall–Kier alpha value is -1.33. The molecular weight excluding hydrogens is 350 g/mol. The fourth-order valence-electron chi connectivity index (χ4n) is 2.75. The molecule has 0 amide bonds. The van der Waals surface area contributed by atoms with Gasteiger partial charge in [-0.25, -0.2) is 12.4 Å². The maximum atomic E-state index is 13.1. The van der Waals surface area contributed by atoms with E-state index < -0.39 is 14.8 Å². The minimum absolute atomic E-state index is 0.468. The zero-order valence-electron chi connectivity index (χ0n) is 11.9. The van der Waals surface area contributed by atoms with Gasteiger partial charge in [0.15, 0.2) is 0 Å². The number of nitrogens with zero attached hydrogens (tertiary/aromatic N) is 1. The summed E-state index contributed by atoms with van der Waals surface area (Å²) in [7, 11) is -3.54. The van der Waals surface area contributed by atoms with Crippen molar-refractivity contribution in [2.24, 2.45) is 0 Å². The number of halogens is 1. The third-order valence-corrected chi connectivity index (χ3v) is 6.75. The van der Waals surface area contributed by atoms with E-state index in [9.17, 15) is 8.42 Å². The summed E-state index contributed by atoms with van der Waals surface area (Å²) in [5, 5.41) is 0.941. The predicted octanol–water partition coefficient (Wildman–Crippen LogP) is 4.13. The number of aromatic nitrogens is 1. The van der Waals surface area contributed by atoms with E-state index in [0.29, 0.717) is 6.42 Å². The first kappa shape index (κ1) is 14.6. The molecule has 0 saturated heterocycles. The SMILES string of the molecule is Cc1cccc2ccn(S(=O)(=O)C3(C)C=C(Br)C=CC3)c12. The summed E-state index contributed by atoms with van der Waals surface area (Å²) in [5.41, 5.74) is 1.72. The molecule has 1 atom stereocenters. The molecule has 1 aliphatic carbocycles. The molecule has 0 saturated carbocycles. The van der Waals surface area contributed by atoms with Crippen LogP contribution in [0.15, 0.2) is 53.2 Å². The van der Waals surface area contributed by atoms with Gasteiger partial charge in [0.05, 0.1) is 5.52 Å². The second-order valence-corrected chi connectivity index (χ2v) is 8.77. The molecule has 0 aliphatic heterocycles. The van der Waals surface area contributed by atoms with Crippen LogP contribution in [-0.2, 0) is 10.0 Å². The highest BCUT2D eigenvalue weighted by Crippen LogP contribution is 2.34. The lowest BCUT2D eigenvalue weighted by Crippen LogP contribution is -2.38. The zero-order chi connectivity index (χ0) is 15.3. The van der Waals surface area contributed by atoms with Crippen molar-refractivity contribution in [3.05, 3.63) is 58.7 Å². The average molecular weight is 366 g/mol. The monoisotopic (exact) mass is 365 g/mol. The Balaban J connectivity index is 2.25. The molecule has 2 aromatic rings. The first-order valence-electron chi connectivity index (χ1n) is 6.72. The van der Waals surface area contributed by atoms with Crippen LogP contribution < -0.4 is 0 Å². The van der Waals surface area contributed by atoms with Gasteiger partial charge in [-0.3, -0.25) is 0 Å². The van der Waals surface area contributed by atoms with E-state index in [4.69, 9.17) is 0 Å². The van der Waals surface area contributed by atoms with Crippen LogP contribution >= 0.6 is 15.9 Å². The smallest absolute Gasteiger partial charge is 0.244 e. The second kappa shape index (κ2) is 4.85. The molecule has 0 fully saturated rings. The molecule has 1 aromatic heterocycles. The summed E-state index contributed by atoms with van der Waals surface area (Å²) < 4.78 is 27.6. The predicted molar refractivity (Wildman–Crippen MR) is 90.2 cm³/mol. The van der Waals surface area contributed by atoms with Crippen LogP contribution in [0.2, 0.25) is 0 Å². The number of benzene rings is 1. The lowest BCUT2D eigenvalue weighted by atomic mass is 10.0. The van der Waals surface area contributed by atoms with Gasteiger partial charge in [-0.1, -0.05) is 46.3 Å². The molecule has 1 aromatic carbocycles. The molecule has 5 heteroatoms. The second-order valence-electron chi connectivity index (χ2n) is 5.58. The molecular formula is C16H16BrNO2S. The molecule has 3 nitrogen and oxygen atoms in total. The molecule has 110 valence electrons. The summed E-state index contributed by atoms with van der Waals surface area (Å²) in [4.78, 5) is 0. The minimum atomic E-state index is -3.54. The molecule has 3 rings (SSSR count). The van der Waals surface area contributed by atoms with Crippen molar-refractivity contribution in [2.75, 3.05) is 0 Å². The van der Waals surface area contributed by atoms with E-state index in [1.807, 2.05) is 43.3 Å². The van der Waals surface area contributed by atoms with Gasteiger partial charge in [0.25, 0.3) is 0 Å². The molecule has 0 spiro atoms. The largest absolute Gasteiger partial charge is 0.248 e. The summed E-state index contributed by atoms with van der Waals surface area (Å²) in [6.45, 7) is 3.69. The van der Waals surface area contributed by atoms with Crippen molar-refractivity contribution >= 4 is 36.9 Å². The van der Waals surface area contributed by atoms with E-state index in [1.165, 1.54) is 3.97 Å².